The number of sulfonamides is 1. The summed E-state index contributed by atoms with van der Waals surface area (Å²) in [6.07, 6.45) is 8.21. The topological polar surface area (TPSA) is 93.5 Å². The molecule has 0 spiro atoms. The van der Waals surface area contributed by atoms with Gasteiger partial charge in [0.15, 0.2) is 0 Å². The van der Waals surface area contributed by atoms with Crippen molar-refractivity contribution in [1.29, 1.82) is 0 Å². The van der Waals surface area contributed by atoms with Crippen molar-refractivity contribution in [3.8, 4) is 11.4 Å². The number of nitrogens with one attached hydrogen (secondary N) is 1. The summed E-state index contributed by atoms with van der Waals surface area (Å²) in [5, 5.41) is 4.15. The highest BCUT2D eigenvalue weighted by Gasteiger charge is 2.36. The van der Waals surface area contributed by atoms with Crippen molar-refractivity contribution >= 4 is 15.9 Å². The van der Waals surface area contributed by atoms with Crippen LogP contribution in [-0.2, 0) is 14.8 Å². The Morgan fingerprint density at radius 1 is 1.28 bits per heavy atom. The second kappa shape index (κ2) is 8.16. The highest BCUT2D eigenvalue weighted by Crippen LogP contribution is 2.30. The van der Waals surface area contributed by atoms with Crippen molar-refractivity contribution in [3.05, 3.63) is 36.7 Å². The largest absolute Gasteiger partial charge is 0.495 e. The van der Waals surface area contributed by atoms with Crippen molar-refractivity contribution in [2.24, 2.45) is 5.92 Å². The van der Waals surface area contributed by atoms with E-state index in [1.165, 1.54) is 7.11 Å². The highest BCUT2D eigenvalue weighted by molar-refractivity contribution is 7.89. The standard InChI is InChI=1S/C20H26N4O4S/c1-28-18-8-7-17(24-10-4-9-21-24)12-19(18)29(26,27)22-13-15-11-20(25)23(14-15)16-5-2-3-6-16/h4,7-10,12,15-16,22H,2-3,5-6,11,13-14H2,1H3/t15-/m0/s1. The lowest BCUT2D eigenvalue weighted by Gasteiger charge is -2.24. The number of likely N-dealkylation sites (tertiary alicyclic amines) is 1. The maximum atomic E-state index is 13.0. The minimum atomic E-state index is -3.80. The average molecular weight is 419 g/mol. The van der Waals surface area contributed by atoms with Gasteiger partial charge in [0.05, 0.1) is 12.8 Å². The molecule has 0 radical (unpaired) electrons. The molecule has 9 heteroatoms. The van der Waals surface area contributed by atoms with Crippen LogP contribution in [-0.4, -0.2) is 55.2 Å². The fourth-order valence-electron chi connectivity index (χ4n) is 4.26. The van der Waals surface area contributed by atoms with Gasteiger partial charge in [0.2, 0.25) is 15.9 Å². The van der Waals surface area contributed by atoms with Gasteiger partial charge in [-0.05, 0) is 43.0 Å². The van der Waals surface area contributed by atoms with Gasteiger partial charge in [-0.25, -0.2) is 17.8 Å². The lowest BCUT2D eigenvalue weighted by Crippen LogP contribution is -2.36. The van der Waals surface area contributed by atoms with Gasteiger partial charge < -0.3 is 9.64 Å². The Morgan fingerprint density at radius 3 is 2.76 bits per heavy atom. The summed E-state index contributed by atoms with van der Waals surface area (Å²) in [7, 11) is -2.36. The van der Waals surface area contributed by atoms with Crippen LogP contribution >= 0.6 is 0 Å². The Hall–Kier alpha value is -2.39. The van der Waals surface area contributed by atoms with E-state index in [1.54, 1.807) is 41.3 Å². The van der Waals surface area contributed by atoms with Crippen LogP contribution in [0.25, 0.3) is 5.69 Å². The monoisotopic (exact) mass is 418 g/mol. The van der Waals surface area contributed by atoms with E-state index >= 15 is 0 Å². The Balaban J connectivity index is 1.47. The third-order valence-electron chi connectivity index (χ3n) is 5.77. The molecule has 4 rings (SSSR count). The molecule has 29 heavy (non-hydrogen) atoms. The number of aromatic nitrogens is 2. The minimum absolute atomic E-state index is 0.0156. The number of benzene rings is 1. The zero-order valence-electron chi connectivity index (χ0n) is 16.5. The molecule has 156 valence electrons. The summed E-state index contributed by atoms with van der Waals surface area (Å²) in [5.41, 5.74) is 0.625. The zero-order valence-corrected chi connectivity index (χ0v) is 17.3. The van der Waals surface area contributed by atoms with Gasteiger partial charge in [-0.2, -0.15) is 5.10 Å². The maximum absolute atomic E-state index is 13.0. The molecule has 1 saturated heterocycles. The van der Waals surface area contributed by atoms with Crippen LogP contribution in [0.15, 0.2) is 41.6 Å². The van der Waals surface area contributed by atoms with Gasteiger partial charge in [0, 0.05) is 37.9 Å². The number of carbonyl (C=O) groups is 1. The molecular weight excluding hydrogens is 392 g/mol. The van der Waals surface area contributed by atoms with E-state index in [-0.39, 0.29) is 29.0 Å². The van der Waals surface area contributed by atoms with E-state index < -0.39 is 10.0 Å². The molecule has 1 aliphatic heterocycles. The molecule has 2 heterocycles. The fraction of sp³-hybridized carbons (Fsp3) is 0.500. The first-order valence-corrected chi connectivity index (χ1v) is 11.4. The Bertz CT molecular complexity index is 968. The second-order valence-electron chi connectivity index (χ2n) is 7.69. The number of rotatable bonds is 7. The summed E-state index contributed by atoms with van der Waals surface area (Å²) >= 11 is 0. The van der Waals surface area contributed by atoms with Crippen LogP contribution < -0.4 is 9.46 Å². The van der Waals surface area contributed by atoms with Gasteiger partial charge in [-0.1, -0.05) is 12.8 Å². The van der Waals surface area contributed by atoms with Crippen molar-refractivity contribution in [2.75, 3.05) is 20.2 Å². The highest BCUT2D eigenvalue weighted by atomic mass is 32.2. The third-order valence-corrected chi connectivity index (χ3v) is 7.22. The first-order chi connectivity index (χ1) is 14.0. The van der Waals surface area contributed by atoms with Crippen LogP contribution in [0.1, 0.15) is 32.1 Å². The summed E-state index contributed by atoms with van der Waals surface area (Å²) < 4.78 is 35.5. The molecule has 1 amide bonds. The molecule has 1 aromatic carbocycles. The van der Waals surface area contributed by atoms with Crippen molar-refractivity contribution in [3.63, 3.8) is 0 Å². The predicted molar refractivity (Wildman–Crippen MR) is 107 cm³/mol. The van der Waals surface area contributed by atoms with Crippen molar-refractivity contribution in [1.82, 2.24) is 19.4 Å². The molecule has 2 aliphatic rings. The lowest BCUT2D eigenvalue weighted by molar-refractivity contribution is -0.129. The number of hydrogen-bond acceptors (Lipinski definition) is 5. The number of methoxy groups -OCH3 is 1. The Morgan fingerprint density at radius 2 is 2.07 bits per heavy atom. The zero-order chi connectivity index (χ0) is 20.4. The van der Waals surface area contributed by atoms with E-state index in [4.69, 9.17) is 4.74 Å². The number of carbonyl (C=O) groups excluding carboxylic acids is 1. The van der Waals surface area contributed by atoms with Gasteiger partial charge in [-0.15, -0.1) is 0 Å². The van der Waals surface area contributed by atoms with E-state index in [0.29, 0.717) is 24.7 Å². The van der Waals surface area contributed by atoms with Crippen molar-refractivity contribution < 1.29 is 17.9 Å². The number of ether oxygens (including phenoxy) is 1. The molecule has 2 aromatic rings. The van der Waals surface area contributed by atoms with Crippen LogP contribution in [0.2, 0.25) is 0 Å². The van der Waals surface area contributed by atoms with E-state index in [1.807, 2.05) is 4.90 Å². The molecule has 1 aliphatic carbocycles. The molecule has 2 fully saturated rings. The molecule has 1 N–H and O–H groups in total. The van der Waals surface area contributed by atoms with E-state index in [2.05, 4.69) is 9.82 Å². The Labute approximate surface area is 170 Å². The summed E-state index contributed by atoms with van der Waals surface area (Å²) in [6.45, 7) is 0.850. The smallest absolute Gasteiger partial charge is 0.244 e. The van der Waals surface area contributed by atoms with Crippen LogP contribution in [0.3, 0.4) is 0 Å². The normalized spacial score (nSPS) is 20.5. The molecule has 1 atom stereocenters. The second-order valence-corrected chi connectivity index (χ2v) is 9.43. The minimum Gasteiger partial charge on any atom is -0.495 e. The first kappa shape index (κ1) is 19.9. The molecule has 0 unspecified atom stereocenters. The summed E-state index contributed by atoms with van der Waals surface area (Å²) in [5.74, 6) is 0.390. The van der Waals surface area contributed by atoms with Crippen molar-refractivity contribution in [2.45, 2.75) is 43.0 Å². The van der Waals surface area contributed by atoms with Gasteiger partial charge in [0.1, 0.15) is 10.6 Å². The Kier molecular flexibility index (Phi) is 5.60. The quantitative estimate of drug-likeness (QED) is 0.742. The molecule has 1 aromatic heterocycles. The van der Waals surface area contributed by atoms with E-state index in [9.17, 15) is 13.2 Å². The maximum Gasteiger partial charge on any atom is 0.244 e. The summed E-state index contributed by atoms with van der Waals surface area (Å²) in [4.78, 5) is 14.4. The fourth-order valence-corrected chi connectivity index (χ4v) is 5.56. The third kappa shape index (κ3) is 4.16. The number of hydrogen-bond donors (Lipinski definition) is 1. The van der Waals surface area contributed by atoms with Gasteiger partial charge in [-0.3, -0.25) is 4.79 Å². The lowest BCUT2D eigenvalue weighted by atomic mass is 10.1. The average Bonchev–Trinajstić information content (AvgIpc) is 3.47. The van der Waals surface area contributed by atoms with Crippen LogP contribution in [0.4, 0.5) is 0 Å². The number of nitrogens with zero attached hydrogens (tertiary/aromatic N) is 3. The predicted octanol–water partition coefficient (Wildman–Crippen LogP) is 1.95. The summed E-state index contributed by atoms with van der Waals surface area (Å²) in [6, 6.07) is 7.00. The number of amides is 1. The molecule has 0 bridgehead atoms. The SMILES string of the molecule is COc1ccc(-n2cccn2)cc1S(=O)(=O)NC[C@@H]1CC(=O)N(C2CCCC2)C1. The van der Waals surface area contributed by atoms with Gasteiger partial charge >= 0.3 is 0 Å². The molecule has 8 nitrogen and oxygen atoms in total. The van der Waals surface area contributed by atoms with Crippen LogP contribution in [0.5, 0.6) is 5.75 Å². The van der Waals surface area contributed by atoms with Gasteiger partial charge in [0.25, 0.3) is 0 Å². The first-order valence-electron chi connectivity index (χ1n) is 9.95. The molecule has 1 saturated carbocycles. The van der Waals surface area contributed by atoms with Crippen LogP contribution in [0, 0.1) is 5.92 Å². The van der Waals surface area contributed by atoms with E-state index in [0.717, 1.165) is 25.7 Å². The molecular formula is C20H26N4O4S.